The summed E-state index contributed by atoms with van der Waals surface area (Å²) in [6.07, 6.45) is 13.1. The minimum absolute atomic E-state index is 0.00617. The summed E-state index contributed by atoms with van der Waals surface area (Å²) in [5.74, 6) is 0. The van der Waals surface area contributed by atoms with Crippen LogP contribution in [0.3, 0.4) is 0 Å². The molecule has 0 N–H and O–H groups in total. The molecule has 0 unspecified atom stereocenters. The SMILES string of the molecule is O=CC1(CN2CCN(C3CCCC3)CC2)CCCCC1. The number of hydrogen-bond acceptors (Lipinski definition) is 3. The van der Waals surface area contributed by atoms with Crippen molar-refractivity contribution in [3.8, 4) is 0 Å². The molecule has 1 aliphatic heterocycles. The van der Waals surface area contributed by atoms with Crippen LogP contribution in [0.15, 0.2) is 0 Å². The highest BCUT2D eigenvalue weighted by molar-refractivity contribution is 5.60. The van der Waals surface area contributed by atoms with Gasteiger partial charge in [-0.15, -0.1) is 0 Å². The molecule has 114 valence electrons. The van der Waals surface area contributed by atoms with Gasteiger partial charge in [0.15, 0.2) is 0 Å². The smallest absolute Gasteiger partial charge is 0.127 e. The molecule has 2 aliphatic carbocycles. The fourth-order valence-electron chi connectivity index (χ4n) is 4.57. The molecule has 20 heavy (non-hydrogen) atoms. The second kappa shape index (κ2) is 6.57. The van der Waals surface area contributed by atoms with Gasteiger partial charge in [-0.05, 0) is 25.7 Å². The van der Waals surface area contributed by atoms with Crippen LogP contribution in [0.2, 0.25) is 0 Å². The van der Waals surface area contributed by atoms with Gasteiger partial charge < -0.3 is 4.79 Å². The van der Waals surface area contributed by atoms with Crippen LogP contribution in [-0.4, -0.2) is 54.9 Å². The first-order valence-electron chi connectivity index (χ1n) is 8.74. The van der Waals surface area contributed by atoms with Gasteiger partial charge in [0, 0.05) is 44.2 Å². The van der Waals surface area contributed by atoms with Gasteiger partial charge in [-0.1, -0.05) is 32.1 Å². The van der Waals surface area contributed by atoms with Gasteiger partial charge in [0.1, 0.15) is 6.29 Å². The minimum Gasteiger partial charge on any atom is -0.303 e. The Morgan fingerprint density at radius 1 is 0.900 bits per heavy atom. The Labute approximate surface area is 123 Å². The van der Waals surface area contributed by atoms with Crippen molar-refractivity contribution in [2.45, 2.75) is 63.8 Å². The number of hydrogen-bond donors (Lipinski definition) is 0. The lowest BCUT2D eigenvalue weighted by Crippen LogP contribution is -2.52. The Kier molecular flexibility index (Phi) is 4.77. The van der Waals surface area contributed by atoms with Crippen molar-refractivity contribution >= 4 is 6.29 Å². The lowest BCUT2D eigenvalue weighted by atomic mass is 9.75. The second-order valence-corrected chi connectivity index (χ2v) is 7.29. The Morgan fingerprint density at radius 3 is 2.15 bits per heavy atom. The Bertz CT molecular complexity index is 311. The summed E-state index contributed by atoms with van der Waals surface area (Å²) in [5, 5.41) is 0. The summed E-state index contributed by atoms with van der Waals surface area (Å²) in [5.41, 5.74) is -0.00617. The van der Waals surface area contributed by atoms with Crippen molar-refractivity contribution in [2.24, 2.45) is 5.41 Å². The molecular formula is C17H30N2O. The third kappa shape index (κ3) is 3.25. The van der Waals surface area contributed by atoms with Crippen molar-refractivity contribution in [1.82, 2.24) is 9.80 Å². The molecular weight excluding hydrogens is 248 g/mol. The maximum atomic E-state index is 11.6. The van der Waals surface area contributed by atoms with E-state index in [4.69, 9.17) is 0 Å². The molecule has 1 saturated heterocycles. The Hall–Kier alpha value is -0.410. The van der Waals surface area contributed by atoms with Crippen LogP contribution in [-0.2, 0) is 4.79 Å². The third-order valence-corrected chi connectivity index (χ3v) is 5.89. The fraction of sp³-hybridized carbons (Fsp3) is 0.941. The monoisotopic (exact) mass is 278 g/mol. The number of carbonyl (C=O) groups is 1. The number of piperazine rings is 1. The van der Waals surface area contributed by atoms with Crippen LogP contribution < -0.4 is 0 Å². The van der Waals surface area contributed by atoms with E-state index in [0.717, 1.165) is 25.4 Å². The van der Waals surface area contributed by atoms with Crippen molar-refractivity contribution in [2.75, 3.05) is 32.7 Å². The fourth-order valence-corrected chi connectivity index (χ4v) is 4.57. The van der Waals surface area contributed by atoms with Gasteiger partial charge in [-0.3, -0.25) is 9.80 Å². The Morgan fingerprint density at radius 2 is 1.55 bits per heavy atom. The normalized spacial score (nSPS) is 29.6. The molecule has 3 rings (SSSR count). The van der Waals surface area contributed by atoms with Gasteiger partial charge in [0.25, 0.3) is 0 Å². The maximum Gasteiger partial charge on any atom is 0.127 e. The zero-order valence-corrected chi connectivity index (χ0v) is 12.9. The Balaban J connectivity index is 1.48. The predicted molar refractivity (Wildman–Crippen MR) is 81.9 cm³/mol. The standard InChI is InChI=1S/C17H30N2O/c20-15-17(8-4-1-5-9-17)14-18-10-12-19(13-11-18)16-6-2-3-7-16/h15-16H,1-14H2. The molecule has 3 aliphatic rings. The number of aldehydes is 1. The first kappa shape index (κ1) is 14.5. The van der Waals surface area contributed by atoms with Crippen LogP contribution >= 0.6 is 0 Å². The summed E-state index contributed by atoms with van der Waals surface area (Å²) in [6, 6.07) is 0.867. The van der Waals surface area contributed by atoms with Gasteiger partial charge in [0.05, 0.1) is 0 Å². The molecule has 3 nitrogen and oxygen atoms in total. The van der Waals surface area contributed by atoms with Crippen molar-refractivity contribution in [1.29, 1.82) is 0 Å². The molecule has 0 radical (unpaired) electrons. The summed E-state index contributed by atoms with van der Waals surface area (Å²) < 4.78 is 0. The molecule has 0 aromatic heterocycles. The van der Waals surface area contributed by atoms with E-state index >= 15 is 0 Å². The van der Waals surface area contributed by atoms with E-state index in [9.17, 15) is 4.79 Å². The van der Waals surface area contributed by atoms with Gasteiger partial charge in [0.2, 0.25) is 0 Å². The molecule has 0 spiro atoms. The molecule has 0 amide bonds. The molecule has 1 heterocycles. The van der Waals surface area contributed by atoms with E-state index in [0.29, 0.717) is 0 Å². The molecule has 3 heteroatoms. The van der Waals surface area contributed by atoms with Gasteiger partial charge >= 0.3 is 0 Å². The molecule has 0 aromatic rings. The molecule has 0 aromatic carbocycles. The largest absolute Gasteiger partial charge is 0.303 e. The highest BCUT2D eigenvalue weighted by Crippen LogP contribution is 2.35. The van der Waals surface area contributed by atoms with Crippen LogP contribution in [0.4, 0.5) is 0 Å². The summed E-state index contributed by atoms with van der Waals surface area (Å²) in [7, 11) is 0. The topological polar surface area (TPSA) is 23.6 Å². The summed E-state index contributed by atoms with van der Waals surface area (Å²) in [4.78, 5) is 16.9. The van der Waals surface area contributed by atoms with E-state index in [2.05, 4.69) is 9.80 Å². The van der Waals surface area contributed by atoms with Crippen molar-refractivity contribution in [3.05, 3.63) is 0 Å². The van der Waals surface area contributed by atoms with Crippen LogP contribution in [0.5, 0.6) is 0 Å². The average Bonchev–Trinajstić information content (AvgIpc) is 3.03. The van der Waals surface area contributed by atoms with Crippen LogP contribution in [0, 0.1) is 5.41 Å². The van der Waals surface area contributed by atoms with Crippen LogP contribution in [0.1, 0.15) is 57.8 Å². The zero-order chi connectivity index (χ0) is 13.8. The molecule has 3 fully saturated rings. The molecule has 0 atom stereocenters. The average molecular weight is 278 g/mol. The third-order valence-electron chi connectivity index (χ3n) is 5.89. The predicted octanol–water partition coefficient (Wildman–Crippen LogP) is 2.70. The van der Waals surface area contributed by atoms with E-state index < -0.39 is 0 Å². The number of rotatable bonds is 4. The summed E-state index contributed by atoms with van der Waals surface area (Å²) in [6.45, 7) is 5.81. The van der Waals surface area contributed by atoms with Gasteiger partial charge in [-0.25, -0.2) is 0 Å². The van der Waals surface area contributed by atoms with E-state index in [1.165, 1.54) is 77.4 Å². The number of nitrogens with zero attached hydrogens (tertiary/aromatic N) is 2. The lowest BCUT2D eigenvalue weighted by molar-refractivity contribution is -0.119. The first-order chi connectivity index (χ1) is 9.81. The van der Waals surface area contributed by atoms with E-state index in [1.807, 2.05) is 0 Å². The van der Waals surface area contributed by atoms with Gasteiger partial charge in [-0.2, -0.15) is 0 Å². The highest BCUT2D eigenvalue weighted by Gasteiger charge is 2.35. The number of carbonyl (C=O) groups excluding carboxylic acids is 1. The van der Waals surface area contributed by atoms with E-state index in [-0.39, 0.29) is 5.41 Å². The minimum atomic E-state index is -0.00617. The van der Waals surface area contributed by atoms with Crippen molar-refractivity contribution < 1.29 is 4.79 Å². The van der Waals surface area contributed by atoms with Crippen molar-refractivity contribution in [3.63, 3.8) is 0 Å². The zero-order valence-electron chi connectivity index (χ0n) is 12.9. The van der Waals surface area contributed by atoms with Crippen LogP contribution in [0.25, 0.3) is 0 Å². The first-order valence-corrected chi connectivity index (χ1v) is 8.74. The summed E-state index contributed by atoms with van der Waals surface area (Å²) >= 11 is 0. The molecule has 0 bridgehead atoms. The van der Waals surface area contributed by atoms with E-state index in [1.54, 1.807) is 0 Å². The maximum absolute atomic E-state index is 11.6. The highest BCUT2D eigenvalue weighted by atomic mass is 16.1. The molecule has 2 saturated carbocycles. The lowest BCUT2D eigenvalue weighted by Gasteiger charge is -2.42. The quantitative estimate of drug-likeness (QED) is 0.739. The second-order valence-electron chi connectivity index (χ2n) is 7.29.